The number of phenols is 1. The van der Waals surface area contributed by atoms with Crippen LogP contribution >= 0.6 is 39.1 Å². The summed E-state index contributed by atoms with van der Waals surface area (Å²) in [4.78, 5) is 60.7. The van der Waals surface area contributed by atoms with Crippen LogP contribution in [0, 0.1) is 23.7 Å². The van der Waals surface area contributed by atoms with Crippen LogP contribution < -0.4 is 19.8 Å². The Hall–Kier alpha value is -5.62. The maximum atomic E-state index is 15.6. The SMILES string of the molecule is COc1ccc([C@@]23C(=O)N(Nc4ccc(Cl)cc4Cl)C(=O)[C@@H]2C[C@@H]2C(=CC[C@@H]4C(=O)N(c5ccc(Br)cc5)C(=O)[C@@H]42)[C@@H]3c2ccc(OCc3ccccc3)cc2O)cc1. The van der Waals surface area contributed by atoms with Gasteiger partial charge in [0.2, 0.25) is 11.8 Å². The lowest BCUT2D eigenvalue weighted by molar-refractivity contribution is -0.138. The molecular weight excluding hydrogens is 857 g/mol. The molecule has 0 aromatic heterocycles. The van der Waals surface area contributed by atoms with Gasteiger partial charge in [0.05, 0.1) is 46.7 Å². The predicted molar refractivity (Wildman–Crippen MR) is 226 cm³/mol. The molecule has 9 rings (SSSR count). The zero-order valence-corrected chi connectivity index (χ0v) is 34.6. The average molecular weight is 894 g/mol. The molecule has 13 heteroatoms. The number of halogens is 3. The molecule has 6 atom stereocenters. The Morgan fingerprint density at radius 1 is 0.831 bits per heavy atom. The van der Waals surface area contributed by atoms with Crippen LogP contribution in [0.4, 0.5) is 11.4 Å². The number of benzene rings is 5. The first-order chi connectivity index (χ1) is 28.5. The van der Waals surface area contributed by atoms with E-state index in [-0.39, 0.29) is 47.7 Å². The first-order valence-electron chi connectivity index (χ1n) is 19.1. The van der Waals surface area contributed by atoms with Gasteiger partial charge in [-0.05, 0) is 90.6 Å². The van der Waals surface area contributed by atoms with Gasteiger partial charge in [0.25, 0.3) is 11.8 Å². The van der Waals surface area contributed by atoms with Crippen LogP contribution in [0.2, 0.25) is 10.0 Å². The standard InChI is InChI=1S/C46H36BrCl2N3O7/c1-58-30-14-7-26(8-15-30)46-36(43(55)52(45(46)57)50-38-20-11-28(48)21-37(38)49)23-35-32(18-19-34-40(35)44(56)51(42(34)54)29-12-9-27(47)10-13-29)41(46)33-17-16-31(22-39(33)53)59-24-25-5-3-2-4-6-25/h2-18,20-22,34-36,40-41,50,53H,19,23-24H2,1H3/t34-,35+,36-,40-,41+,46+/m0/s1. The van der Waals surface area contributed by atoms with E-state index < -0.39 is 46.8 Å². The van der Waals surface area contributed by atoms with Crippen molar-refractivity contribution in [3.8, 4) is 17.2 Å². The zero-order valence-electron chi connectivity index (χ0n) is 31.5. The highest BCUT2D eigenvalue weighted by atomic mass is 79.9. The summed E-state index contributed by atoms with van der Waals surface area (Å²) in [6.45, 7) is 0.253. The lowest BCUT2D eigenvalue weighted by atomic mass is 9.49. The molecule has 3 fully saturated rings. The number of aromatic hydroxyl groups is 1. The van der Waals surface area contributed by atoms with E-state index in [9.17, 15) is 14.7 Å². The number of allylic oxidation sites excluding steroid dienone is 2. The largest absolute Gasteiger partial charge is 0.508 e. The number of hydrazine groups is 1. The minimum Gasteiger partial charge on any atom is -0.508 e. The molecular formula is C46H36BrCl2N3O7. The first kappa shape index (κ1) is 38.9. The van der Waals surface area contributed by atoms with E-state index in [1.807, 2.05) is 36.4 Å². The number of fused-ring (bicyclic) bond motifs is 4. The summed E-state index contributed by atoms with van der Waals surface area (Å²) in [6, 6.07) is 33.2. The number of methoxy groups -OCH3 is 1. The summed E-state index contributed by atoms with van der Waals surface area (Å²) < 4.78 is 12.4. The molecule has 298 valence electrons. The Bertz CT molecular complexity index is 2550. The van der Waals surface area contributed by atoms with Gasteiger partial charge in [-0.25, -0.2) is 0 Å². The normalized spacial score (nSPS) is 24.7. The quantitative estimate of drug-likeness (QED) is 0.111. The topological polar surface area (TPSA) is 125 Å². The molecule has 10 nitrogen and oxygen atoms in total. The van der Waals surface area contributed by atoms with Gasteiger partial charge in [0.15, 0.2) is 0 Å². The first-order valence-corrected chi connectivity index (χ1v) is 20.6. The molecule has 2 N–H and O–H groups in total. The van der Waals surface area contributed by atoms with Gasteiger partial charge in [-0.15, -0.1) is 0 Å². The number of rotatable bonds is 9. The third kappa shape index (κ3) is 6.38. The van der Waals surface area contributed by atoms with Crippen LogP contribution in [-0.2, 0) is 31.2 Å². The smallest absolute Gasteiger partial charge is 0.260 e. The van der Waals surface area contributed by atoms with Crippen molar-refractivity contribution < 1.29 is 33.8 Å². The summed E-state index contributed by atoms with van der Waals surface area (Å²) in [7, 11) is 1.54. The van der Waals surface area contributed by atoms with Crippen molar-refractivity contribution in [3.05, 3.63) is 158 Å². The number of ether oxygens (including phenoxy) is 2. The summed E-state index contributed by atoms with van der Waals surface area (Å²) >= 11 is 16.2. The van der Waals surface area contributed by atoms with Crippen LogP contribution in [-0.4, -0.2) is 40.9 Å². The minimum absolute atomic E-state index is 0.0683. The second-order valence-corrected chi connectivity index (χ2v) is 17.0. The number of hydrogen-bond donors (Lipinski definition) is 2. The molecule has 2 saturated heterocycles. The van der Waals surface area contributed by atoms with Crippen molar-refractivity contribution in [2.75, 3.05) is 17.4 Å². The maximum Gasteiger partial charge on any atom is 0.260 e. The molecule has 0 bridgehead atoms. The van der Waals surface area contributed by atoms with Crippen molar-refractivity contribution in [2.45, 2.75) is 30.8 Å². The predicted octanol–water partition coefficient (Wildman–Crippen LogP) is 9.24. The molecule has 0 spiro atoms. The second kappa shape index (κ2) is 15.2. The maximum absolute atomic E-state index is 15.6. The third-order valence-electron chi connectivity index (χ3n) is 12.2. The fraction of sp³-hybridized carbons (Fsp3) is 0.217. The monoisotopic (exact) mass is 891 g/mol. The van der Waals surface area contributed by atoms with Crippen LogP contribution in [0.5, 0.6) is 17.2 Å². The van der Waals surface area contributed by atoms with Gasteiger partial charge in [-0.1, -0.05) is 99.3 Å². The summed E-state index contributed by atoms with van der Waals surface area (Å²) in [5.74, 6) is -5.24. The van der Waals surface area contributed by atoms with E-state index in [2.05, 4.69) is 21.4 Å². The number of phenolic OH excluding ortho intramolecular Hbond substituents is 1. The lowest BCUT2D eigenvalue weighted by Gasteiger charge is -2.50. The molecule has 1 saturated carbocycles. The van der Waals surface area contributed by atoms with Gasteiger partial charge in [0, 0.05) is 27.0 Å². The van der Waals surface area contributed by atoms with Crippen molar-refractivity contribution in [1.29, 1.82) is 0 Å². The number of carbonyl (C=O) groups excluding carboxylic acids is 4. The Morgan fingerprint density at radius 3 is 2.25 bits per heavy atom. The highest BCUT2D eigenvalue weighted by molar-refractivity contribution is 9.10. The number of imide groups is 2. The van der Waals surface area contributed by atoms with Crippen LogP contribution in [0.25, 0.3) is 0 Å². The molecule has 0 radical (unpaired) electrons. The Kier molecular flexibility index (Phi) is 10.0. The van der Waals surface area contributed by atoms with E-state index in [1.54, 1.807) is 72.8 Å². The number of anilines is 2. The van der Waals surface area contributed by atoms with Crippen LogP contribution in [0.15, 0.2) is 131 Å². The molecule has 5 aromatic carbocycles. The van der Waals surface area contributed by atoms with E-state index >= 15 is 9.59 Å². The highest BCUT2D eigenvalue weighted by Crippen LogP contribution is 2.65. The fourth-order valence-corrected chi connectivity index (χ4v) is 10.3. The van der Waals surface area contributed by atoms with Gasteiger partial charge < -0.3 is 14.6 Å². The molecule has 0 unspecified atom stereocenters. The molecule has 2 aliphatic carbocycles. The Labute approximate surface area is 358 Å². The van der Waals surface area contributed by atoms with Gasteiger partial charge in [-0.2, -0.15) is 5.01 Å². The van der Waals surface area contributed by atoms with Crippen molar-refractivity contribution in [3.63, 3.8) is 0 Å². The molecule has 2 aliphatic heterocycles. The molecule has 2 heterocycles. The number of hydrogen-bond acceptors (Lipinski definition) is 8. The van der Waals surface area contributed by atoms with E-state index in [0.717, 1.165) is 15.0 Å². The van der Waals surface area contributed by atoms with E-state index in [1.165, 1.54) is 24.1 Å². The van der Waals surface area contributed by atoms with Crippen LogP contribution in [0.3, 0.4) is 0 Å². The van der Waals surface area contributed by atoms with Crippen LogP contribution in [0.1, 0.15) is 35.4 Å². The third-order valence-corrected chi connectivity index (χ3v) is 13.3. The zero-order chi connectivity index (χ0) is 41.2. The van der Waals surface area contributed by atoms with Gasteiger partial charge >= 0.3 is 0 Å². The number of amides is 4. The van der Waals surface area contributed by atoms with Gasteiger partial charge in [-0.3, -0.25) is 29.5 Å². The van der Waals surface area contributed by atoms with E-state index in [4.69, 9.17) is 32.7 Å². The number of nitrogens with one attached hydrogen (secondary N) is 1. The second-order valence-electron chi connectivity index (χ2n) is 15.2. The van der Waals surface area contributed by atoms with Crippen molar-refractivity contribution in [2.24, 2.45) is 23.7 Å². The molecule has 4 amide bonds. The average Bonchev–Trinajstić information content (AvgIpc) is 3.62. The summed E-state index contributed by atoms with van der Waals surface area (Å²) in [5, 5.41) is 13.6. The molecule has 4 aliphatic rings. The minimum atomic E-state index is -1.65. The highest BCUT2D eigenvalue weighted by Gasteiger charge is 2.70. The fourth-order valence-electron chi connectivity index (χ4n) is 9.63. The Morgan fingerprint density at radius 2 is 1.56 bits per heavy atom. The van der Waals surface area contributed by atoms with E-state index in [0.29, 0.717) is 38.9 Å². The number of nitrogens with zero attached hydrogens (tertiary/aromatic N) is 2. The summed E-state index contributed by atoms with van der Waals surface area (Å²) in [6.07, 6.45) is 2.23. The lowest BCUT2D eigenvalue weighted by Crippen LogP contribution is -2.53. The molecule has 59 heavy (non-hydrogen) atoms. The summed E-state index contributed by atoms with van der Waals surface area (Å²) in [5.41, 5.74) is 4.58. The molecule has 5 aromatic rings. The van der Waals surface area contributed by atoms with Crippen molar-refractivity contribution in [1.82, 2.24) is 5.01 Å². The van der Waals surface area contributed by atoms with Crippen molar-refractivity contribution >= 4 is 74.1 Å². The number of carbonyl (C=O) groups is 4. The Balaban J connectivity index is 1.21. The van der Waals surface area contributed by atoms with Gasteiger partial charge in [0.1, 0.15) is 23.9 Å².